The van der Waals surface area contributed by atoms with Gasteiger partial charge in [0.2, 0.25) is 11.8 Å². The average Bonchev–Trinajstić information content (AvgIpc) is 3.42. The van der Waals surface area contributed by atoms with E-state index in [-0.39, 0.29) is 41.4 Å². The summed E-state index contributed by atoms with van der Waals surface area (Å²) in [7, 11) is 3.91. The fourth-order valence-corrected chi connectivity index (χ4v) is 5.17. The summed E-state index contributed by atoms with van der Waals surface area (Å²) < 4.78 is 81.0. The van der Waals surface area contributed by atoms with Crippen molar-refractivity contribution in [3.63, 3.8) is 0 Å². The van der Waals surface area contributed by atoms with Gasteiger partial charge in [-0.25, -0.2) is 4.98 Å². The van der Waals surface area contributed by atoms with Crippen LogP contribution in [0.25, 0.3) is 11.3 Å². The smallest absolute Gasteiger partial charge is 0.416 e. The molecule has 1 atom stereocenters. The van der Waals surface area contributed by atoms with E-state index in [9.17, 15) is 36.2 Å². The normalized spacial score (nSPS) is 15.8. The number of aryl methyl sites for hydroxylation is 1. The molecule has 3 aromatic rings. The molecule has 1 aromatic heterocycles. The Morgan fingerprint density at radius 3 is 2.19 bits per heavy atom. The maximum absolute atomic E-state index is 14.0. The topological polar surface area (TPSA) is 72.8 Å². The van der Waals surface area contributed by atoms with Crippen LogP contribution in [0.1, 0.15) is 52.4 Å². The molecular weight excluding hydrogens is 576 g/mol. The summed E-state index contributed by atoms with van der Waals surface area (Å²) in [6.07, 6.45) is -8.89. The van der Waals surface area contributed by atoms with Crippen LogP contribution in [-0.2, 0) is 18.9 Å². The Kier molecular flexibility index (Phi) is 9.24. The molecule has 4 rings (SSSR count). The molecule has 43 heavy (non-hydrogen) atoms. The van der Waals surface area contributed by atoms with Gasteiger partial charge in [-0.1, -0.05) is 31.2 Å². The molecule has 0 saturated carbocycles. The van der Waals surface area contributed by atoms with Crippen LogP contribution in [0.5, 0.6) is 5.88 Å². The van der Waals surface area contributed by atoms with Gasteiger partial charge in [0, 0.05) is 37.8 Å². The van der Waals surface area contributed by atoms with Gasteiger partial charge in [0.25, 0.3) is 5.91 Å². The van der Waals surface area contributed by atoms with Gasteiger partial charge in [-0.15, -0.1) is 0 Å². The van der Waals surface area contributed by atoms with Crippen LogP contribution in [0, 0.1) is 6.92 Å². The SMILES string of the molecule is CCCN(Cc1cc(C(F)(F)F)cc(C(F)(F)F)c1)C(=O)c1c(O)nc(N2CCC(N(C)C)C2)nc1-c1ccccc1C. The molecule has 7 nitrogen and oxygen atoms in total. The summed E-state index contributed by atoms with van der Waals surface area (Å²) in [5, 5.41) is 11.2. The van der Waals surface area contributed by atoms with Crippen molar-refractivity contribution in [2.75, 3.05) is 38.6 Å². The number of nitrogens with zero attached hydrogens (tertiary/aromatic N) is 5. The summed E-state index contributed by atoms with van der Waals surface area (Å²) in [5.74, 6) is -1.23. The maximum atomic E-state index is 14.0. The molecule has 2 heterocycles. The quantitative estimate of drug-likeness (QED) is 0.299. The summed E-state index contributed by atoms with van der Waals surface area (Å²) in [6, 6.07) is 8.51. The molecule has 0 spiro atoms. The Balaban J connectivity index is 1.80. The van der Waals surface area contributed by atoms with Crippen LogP contribution < -0.4 is 4.90 Å². The number of halogens is 6. The number of aromatic hydroxyl groups is 1. The minimum Gasteiger partial charge on any atom is -0.493 e. The maximum Gasteiger partial charge on any atom is 0.416 e. The molecule has 1 fully saturated rings. The van der Waals surface area contributed by atoms with Gasteiger partial charge in [-0.3, -0.25) is 4.79 Å². The second-order valence-electron chi connectivity index (χ2n) is 10.9. The van der Waals surface area contributed by atoms with Crippen LogP contribution in [-0.4, -0.2) is 70.6 Å². The van der Waals surface area contributed by atoms with E-state index in [4.69, 9.17) is 4.98 Å². The Morgan fingerprint density at radius 2 is 1.65 bits per heavy atom. The lowest BCUT2D eigenvalue weighted by molar-refractivity contribution is -0.143. The van der Waals surface area contributed by atoms with Crippen LogP contribution in [0.15, 0.2) is 42.5 Å². The van der Waals surface area contributed by atoms with E-state index in [1.165, 1.54) is 0 Å². The molecule has 1 N–H and O–H groups in total. The highest BCUT2D eigenvalue weighted by Crippen LogP contribution is 2.38. The fourth-order valence-electron chi connectivity index (χ4n) is 5.17. The number of amides is 1. The first-order valence-electron chi connectivity index (χ1n) is 13.8. The molecule has 0 radical (unpaired) electrons. The Morgan fingerprint density at radius 1 is 1.02 bits per heavy atom. The van der Waals surface area contributed by atoms with Crippen LogP contribution in [0.3, 0.4) is 0 Å². The molecular formula is C30H33F6N5O2. The highest BCUT2D eigenvalue weighted by Gasteiger charge is 2.37. The zero-order valence-corrected chi connectivity index (χ0v) is 24.2. The van der Waals surface area contributed by atoms with Crippen LogP contribution in [0.4, 0.5) is 32.3 Å². The van der Waals surface area contributed by atoms with Crippen molar-refractivity contribution in [1.82, 2.24) is 19.8 Å². The third-order valence-electron chi connectivity index (χ3n) is 7.47. The zero-order valence-electron chi connectivity index (χ0n) is 24.2. The molecule has 1 amide bonds. The molecule has 2 aromatic carbocycles. The summed E-state index contributed by atoms with van der Waals surface area (Å²) in [4.78, 5) is 28.0. The van der Waals surface area contributed by atoms with Gasteiger partial charge in [-0.2, -0.15) is 31.3 Å². The molecule has 1 saturated heterocycles. The van der Waals surface area contributed by atoms with Crippen molar-refractivity contribution in [2.24, 2.45) is 0 Å². The van der Waals surface area contributed by atoms with Crippen molar-refractivity contribution in [1.29, 1.82) is 0 Å². The van der Waals surface area contributed by atoms with Crippen molar-refractivity contribution in [2.45, 2.75) is 51.6 Å². The Labute approximate surface area is 245 Å². The molecule has 1 aliphatic heterocycles. The van der Waals surface area contributed by atoms with Gasteiger partial charge in [0.15, 0.2) is 0 Å². The summed E-state index contributed by atoms with van der Waals surface area (Å²) in [6.45, 7) is 4.13. The van der Waals surface area contributed by atoms with E-state index < -0.39 is 41.8 Å². The van der Waals surface area contributed by atoms with E-state index in [1.54, 1.807) is 38.1 Å². The minimum atomic E-state index is -5.03. The molecule has 1 aliphatic rings. The molecule has 0 bridgehead atoms. The second kappa shape index (κ2) is 12.4. The van der Waals surface area contributed by atoms with Crippen molar-refractivity contribution >= 4 is 11.9 Å². The zero-order chi connectivity index (χ0) is 31.7. The first kappa shape index (κ1) is 32.1. The number of likely N-dealkylation sites (N-methyl/N-ethyl adjacent to an activating group) is 1. The third-order valence-corrected chi connectivity index (χ3v) is 7.47. The lowest BCUT2D eigenvalue weighted by atomic mass is 10.00. The van der Waals surface area contributed by atoms with Gasteiger partial charge in [0.05, 0.1) is 16.8 Å². The number of anilines is 1. The lowest BCUT2D eigenvalue weighted by Gasteiger charge is -2.26. The fraction of sp³-hybridized carbons (Fsp3) is 0.433. The number of hydrogen-bond acceptors (Lipinski definition) is 6. The molecule has 13 heteroatoms. The van der Waals surface area contributed by atoms with Crippen LogP contribution in [0.2, 0.25) is 0 Å². The third kappa shape index (κ3) is 7.20. The highest BCUT2D eigenvalue weighted by molar-refractivity contribution is 6.02. The first-order chi connectivity index (χ1) is 20.1. The number of benzene rings is 2. The molecule has 0 aliphatic carbocycles. The monoisotopic (exact) mass is 609 g/mol. The summed E-state index contributed by atoms with van der Waals surface area (Å²) >= 11 is 0. The van der Waals surface area contributed by atoms with E-state index in [0.717, 1.165) is 16.9 Å². The number of rotatable bonds is 8. The first-order valence-corrected chi connectivity index (χ1v) is 13.8. The summed E-state index contributed by atoms with van der Waals surface area (Å²) in [5.41, 5.74) is -2.19. The average molecular weight is 610 g/mol. The predicted molar refractivity (Wildman–Crippen MR) is 150 cm³/mol. The number of carbonyl (C=O) groups excluding carboxylic acids is 1. The predicted octanol–water partition coefficient (Wildman–Crippen LogP) is 6.39. The lowest BCUT2D eigenvalue weighted by Crippen LogP contribution is -2.33. The number of hydrogen-bond donors (Lipinski definition) is 1. The van der Waals surface area contributed by atoms with Gasteiger partial charge >= 0.3 is 12.4 Å². The van der Waals surface area contributed by atoms with E-state index in [2.05, 4.69) is 9.88 Å². The van der Waals surface area contributed by atoms with E-state index in [1.807, 2.05) is 19.0 Å². The second-order valence-corrected chi connectivity index (χ2v) is 10.9. The number of carbonyl (C=O) groups is 1. The van der Waals surface area contributed by atoms with E-state index in [0.29, 0.717) is 37.2 Å². The van der Waals surface area contributed by atoms with Crippen molar-refractivity contribution < 1.29 is 36.2 Å². The van der Waals surface area contributed by atoms with E-state index >= 15 is 0 Å². The Bertz CT molecular complexity index is 1440. The molecule has 1 unspecified atom stereocenters. The Hall–Kier alpha value is -3.87. The van der Waals surface area contributed by atoms with Gasteiger partial charge in [0.1, 0.15) is 5.56 Å². The highest BCUT2D eigenvalue weighted by atomic mass is 19.4. The number of alkyl halides is 6. The minimum absolute atomic E-state index is 0.0124. The standard InChI is InChI=1S/C30H33F6N5O2/c1-5-11-40(16-19-13-20(29(31,32)33)15-21(14-19)30(34,35)36)27(43)24-25(23-9-7-6-8-18(23)2)37-28(38-26(24)42)41-12-10-22(17-41)39(3)4/h6-9,13-15,22H,5,10-12,16-17H2,1-4H3,(H,37,38,42). The number of aromatic nitrogens is 2. The molecule has 232 valence electrons. The largest absolute Gasteiger partial charge is 0.493 e. The van der Waals surface area contributed by atoms with Crippen molar-refractivity contribution in [3.8, 4) is 17.1 Å². The van der Waals surface area contributed by atoms with Crippen LogP contribution >= 0.6 is 0 Å². The van der Waals surface area contributed by atoms with Gasteiger partial charge < -0.3 is 19.8 Å². The van der Waals surface area contributed by atoms with Gasteiger partial charge in [-0.05, 0) is 63.2 Å². The van der Waals surface area contributed by atoms with Crippen molar-refractivity contribution in [3.05, 3.63) is 70.3 Å².